The summed E-state index contributed by atoms with van der Waals surface area (Å²) in [6.45, 7) is 3.82. The van der Waals surface area contributed by atoms with Crippen LogP contribution in [0.25, 0.3) is 0 Å². The number of ether oxygens (including phenoxy) is 1. The number of rotatable bonds is 6. The highest BCUT2D eigenvalue weighted by Gasteiger charge is 2.43. The van der Waals surface area contributed by atoms with E-state index in [1.54, 1.807) is 0 Å². The third kappa shape index (κ3) is 4.16. The molecule has 0 amide bonds. The summed E-state index contributed by atoms with van der Waals surface area (Å²) in [5, 5.41) is 11.3. The molecule has 0 bridgehead atoms. The van der Waals surface area contributed by atoms with E-state index in [1.807, 2.05) is 68.4 Å². The maximum absolute atomic E-state index is 12.9. The van der Waals surface area contributed by atoms with E-state index in [2.05, 4.69) is 0 Å². The zero-order valence-corrected chi connectivity index (χ0v) is 15.7. The van der Waals surface area contributed by atoms with E-state index in [0.717, 1.165) is 36.3 Å². The summed E-state index contributed by atoms with van der Waals surface area (Å²) in [6, 6.07) is 17.2. The zero-order chi connectivity index (χ0) is 18.6. The van der Waals surface area contributed by atoms with Crippen molar-refractivity contribution in [2.24, 2.45) is 5.92 Å². The Balaban J connectivity index is 1.85. The van der Waals surface area contributed by atoms with Gasteiger partial charge in [0.15, 0.2) is 0 Å². The predicted octanol–water partition coefficient (Wildman–Crippen LogP) is 5.48. The Labute approximate surface area is 156 Å². The average molecular weight is 352 g/mol. The average Bonchev–Trinajstić information content (AvgIpc) is 2.64. The van der Waals surface area contributed by atoms with Crippen molar-refractivity contribution in [1.29, 1.82) is 0 Å². The van der Waals surface area contributed by atoms with Crippen LogP contribution in [-0.2, 0) is 4.79 Å². The highest BCUT2D eigenvalue weighted by atomic mass is 16.5. The number of carbonyl (C=O) groups is 1. The van der Waals surface area contributed by atoms with Gasteiger partial charge in [0.2, 0.25) is 0 Å². The number of benzene rings is 2. The molecular formula is C23H28O3. The lowest BCUT2D eigenvalue weighted by Gasteiger charge is -2.39. The minimum absolute atomic E-state index is 0.105. The van der Waals surface area contributed by atoms with Gasteiger partial charge >= 0.3 is 0 Å². The van der Waals surface area contributed by atoms with Gasteiger partial charge in [0, 0.05) is 5.92 Å². The van der Waals surface area contributed by atoms with E-state index in [-0.39, 0.29) is 11.7 Å². The Bertz CT molecular complexity index is 713. The standard InChI is InChI=1S/C23H28O3/c1-17(2)22(24)21(23(25)15-7-4-8-16-23)18-11-13-20(14-12-18)26-19-9-5-3-6-10-19/h3,5-6,9-14,17,21,25H,4,7-8,15-16H2,1-2H3. The topological polar surface area (TPSA) is 46.5 Å². The van der Waals surface area contributed by atoms with Crippen molar-refractivity contribution in [3.63, 3.8) is 0 Å². The van der Waals surface area contributed by atoms with Crippen LogP contribution in [0.4, 0.5) is 0 Å². The first kappa shape index (κ1) is 18.7. The van der Waals surface area contributed by atoms with E-state index >= 15 is 0 Å². The van der Waals surface area contributed by atoms with Crippen LogP contribution >= 0.6 is 0 Å². The lowest BCUT2D eigenvalue weighted by molar-refractivity contribution is -0.132. The Morgan fingerprint density at radius 3 is 2.08 bits per heavy atom. The van der Waals surface area contributed by atoms with E-state index in [9.17, 15) is 9.90 Å². The number of Topliss-reactive ketones (excluding diaryl/α,β-unsaturated/α-hetero) is 1. The molecule has 1 unspecified atom stereocenters. The summed E-state index contributed by atoms with van der Waals surface area (Å²) in [7, 11) is 0. The second-order valence-corrected chi connectivity index (χ2v) is 7.64. The molecule has 1 fully saturated rings. The van der Waals surface area contributed by atoms with Gasteiger partial charge in [-0.15, -0.1) is 0 Å². The quantitative estimate of drug-likeness (QED) is 0.748. The van der Waals surface area contributed by atoms with Crippen LogP contribution in [-0.4, -0.2) is 16.5 Å². The van der Waals surface area contributed by atoms with Gasteiger partial charge < -0.3 is 9.84 Å². The van der Waals surface area contributed by atoms with Crippen LogP contribution in [0.1, 0.15) is 57.4 Å². The summed E-state index contributed by atoms with van der Waals surface area (Å²) >= 11 is 0. The van der Waals surface area contributed by atoms with Crippen LogP contribution in [0.5, 0.6) is 11.5 Å². The number of ketones is 1. The van der Waals surface area contributed by atoms with Gasteiger partial charge in [-0.3, -0.25) is 4.79 Å². The van der Waals surface area contributed by atoms with Gasteiger partial charge in [0.1, 0.15) is 17.3 Å². The molecule has 0 radical (unpaired) electrons. The van der Waals surface area contributed by atoms with Crippen molar-refractivity contribution in [3.8, 4) is 11.5 Å². The molecule has 26 heavy (non-hydrogen) atoms. The summed E-state index contributed by atoms with van der Waals surface area (Å²) in [5.41, 5.74) is -0.0463. The van der Waals surface area contributed by atoms with Gasteiger partial charge in [-0.05, 0) is 42.7 Å². The number of carbonyl (C=O) groups excluding carboxylic acids is 1. The maximum Gasteiger partial charge on any atom is 0.145 e. The molecule has 3 nitrogen and oxygen atoms in total. The minimum Gasteiger partial charge on any atom is -0.457 e. The predicted molar refractivity (Wildman–Crippen MR) is 104 cm³/mol. The molecule has 138 valence electrons. The summed E-state index contributed by atoms with van der Waals surface area (Å²) < 4.78 is 5.84. The van der Waals surface area contributed by atoms with E-state index in [1.165, 1.54) is 0 Å². The molecule has 2 aromatic carbocycles. The second-order valence-electron chi connectivity index (χ2n) is 7.64. The van der Waals surface area contributed by atoms with Crippen LogP contribution in [0.3, 0.4) is 0 Å². The Morgan fingerprint density at radius 1 is 0.923 bits per heavy atom. The van der Waals surface area contributed by atoms with Gasteiger partial charge in [0.25, 0.3) is 0 Å². The van der Waals surface area contributed by atoms with Crippen LogP contribution in [0.2, 0.25) is 0 Å². The summed E-state index contributed by atoms with van der Waals surface area (Å²) in [4.78, 5) is 12.9. The van der Waals surface area contributed by atoms with Gasteiger partial charge in [0.05, 0.1) is 11.5 Å². The van der Waals surface area contributed by atoms with Crippen molar-refractivity contribution >= 4 is 5.78 Å². The van der Waals surface area contributed by atoms with Gasteiger partial charge in [-0.25, -0.2) is 0 Å². The molecule has 2 aromatic rings. The highest BCUT2D eigenvalue weighted by Crippen LogP contribution is 2.42. The second kappa shape index (κ2) is 8.05. The minimum atomic E-state index is -0.929. The van der Waals surface area contributed by atoms with Gasteiger partial charge in [-0.1, -0.05) is 63.4 Å². The number of hydrogen-bond acceptors (Lipinski definition) is 3. The molecule has 1 aliphatic rings. The molecule has 3 heteroatoms. The van der Waals surface area contributed by atoms with Crippen LogP contribution in [0, 0.1) is 5.92 Å². The molecule has 3 rings (SSSR count). The monoisotopic (exact) mass is 352 g/mol. The first-order valence-electron chi connectivity index (χ1n) is 9.58. The van der Waals surface area contributed by atoms with Crippen LogP contribution in [0.15, 0.2) is 54.6 Å². The van der Waals surface area contributed by atoms with E-state index < -0.39 is 11.5 Å². The van der Waals surface area contributed by atoms with Crippen molar-refractivity contribution in [2.45, 2.75) is 57.5 Å². The molecule has 1 saturated carbocycles. The Morgan fingerprint density at radius 2 is 1.50 bits per heavy atom. The van der Waals surface area contributed by atoms with E-state index in [4.69, 9.17) is 4.74 Å². The maximum atomic E-state index is 12.9. The largest absolute Gasteiger partial charge is 0.457 e. The molecule has 0 spiro atoms. The molecule has 0 saturated heterocycles. The molecule has 1 atom stereocenters. The number of hydrogen-bond donors (Lipinski definition) is 1. The van der Waals surface area contributed by atoms with Crippen molar-refractivity contribution in [3.05, 3.63) is 60.2 Å². The lowest BCUT2D eigenvalue weighted by atomic mass is 9.69. The van der Waals surface area contributed by atoms with Crippen molar-refractivity contribution in [1.82, 2.24) is 0 Å². The van der Waals surface area contributed by atoms with Crippen molar-refractivity contribution in [2.75, 3.05) is 0 Å². The summed E-state index contributed by atoms with van der Waals surface area (Å²) in [5.74, 6) is 1.05. The van der Waals surface area contributed by atoms with Crippen molar-refractivity contribution < 1.29 is 14.6 Å². The highest BCUT2D eigenvalue weighted by molar-refractivity contribution is 5.88. The third-order valence-corrected chi connectivity index (χ3v) is 5.30. The third-order valence-electron chi connectivity index (χ3n) is 5.30. The molecular weight excluding hydrogens is 324 g/mol. The molecule has 1 aliphatic carbocycles. The molecule has 0 aliphatic heterocycles. The fourth-order valence-corrected chi connectivity index (χ4v) is 3.88. The SMILES string of the molecule is CC(C)C(=O)C(c1ccc(Oc2ccccc2)cc1)C1(O)CCCCC1. The normalized spacial score (nSPS) is 17.7. The Kier molecular flexibility index (Phi) is 5.77. The zero-order valence-electron chi connectivity index (χ0n) is 15.7. The molecule has 0 heterocycles. The number of para-hydroxylation sites is 1. The molecule has 0 aromatic heterocycles. The first-order chi connectivity index (χ1) is 12.5. The molecule has 1 N–H and O–H groups in total. The Hall–Kier alpha value is -2.13. The smallest absolute Gasteiger partial charge is 0.145 e. The first-order valence-corrected chi connectivity index (χ1v) is 9.58. The number of aliphatic hydroxyl groups is 1. The lowest BCUT2D eigenvalue weighted by Crippen LogP contribution is -2.43. The fourth-order valence-electron chi connectivity index (χ4n) is 3.88. The van der Waals surface area contributed by atoms with E-state index in [0.29, 0.717) is 12.8 Å². The summed E-state index contributed by atoms with van der Waals surface area (Å²) in [6.07, 6.45) is 4.48. The van der Waals surface area contributed by atoms with Crippen LogP contribution < -0.4 is 4.74 Å². The van der Waals surface area contributed by atoms with Gasteiger partial charge in [-0.2, -0.15) is 0 Å². The fraction of sp³-hybridized carbons (Fsp3) is 0.435.